The molecule has 0 unspecified atom stereocenters. The summed E-state index contributed by atoms with van der Waals surface area (Å²) >= 11 is 1.47. The third kappa shape index (κ3) is 3.35. The van der Waals surface area contributed by atoms with Crippen LogP contribution in [0.2, 0.25) is 0 Å². The van der Waals surface area contributed by atoms with Crippen molar-refractivity contribution in [2.45, 2.75) is 6.92 Å². The number of hydrogen-bond acceptors (Lipinski definition) is 7. The highest BCUT2D eigenvalue weighted by Gasteiger charge is 2.12. The number of hydrogen-bond donors (Lipinski definition) is 1. The van der Waals surface area contributed by atoms with Gasteiger partial charge in [-0.2, -0.15) is 0 Å². The monoisotopic (exact) mass is 326 g/mol. The Balaban J connectivity index is 1.79. The molecule has 0 saturated carbocycles. The average molecular weight is 326 g/mol. The largest absolute Gasteiger partial charge is 0.465 e. The lowest BCUT2D eigenvalue weighted by Crippen LogP contribution is -2.08. The van der Waals surface area contributed by atoms with Crippen LogP contribution in [-0.2, 0) is 4.74 Å². The summed E-state index contributed by atoms with van der Waals surface area (Å²) in [7, 11) is 1.33. The fourth-order valence-corrected chi connectivity index (χ4v) is 2.72. The Morgan fingerprint density at radius 2 is 2.00 bits per heavy atom. The first-order valence-electron chi connectivity index (χ1n) is 6.87. The predicted molar refractivity (Wildman–Crippen MR) is 88.9 cm³/mol. The first-order valence-corrected chi connectivity index (χ1v) is 7.75. The van der Waals surface area contributed by atoms with Gasteiger partial charge in [-0.1, -0.05) is 30.3 Å². The van der Waals surface area contributed by atoms with Gasteiger partial charge in [0.1, 0.15) is 0 Å². The van der Waals surface area contributed by atoms with E-state index in [9.17, 15) is 4.79 Å². The van der Waals surface area contributed by atoms with Crippen LogP contribution in [0.1, 0.15) is 16.1 Å². The summed E-state index contributed by atoms with van der Waals surface area (Å²) < 4.78 is 4.68. The van der Waals surface area contributed by atoms with Gasteiger partial charge in [0.15, 0.2) is 5.13 Å². The van der Waals surface area contributed by atoms with E-state index in [4.69, 9.17) is 0 Å². The van der Waals surface area contributed by atoms with Crippen LogP contribution in [0.4, 0.5) is 11.1 Å². The molecule has 0 aliphatic carbocycles. The Hall–Kier alpha value is -2.80. The third-order valence-corrected chi connectivity index (χ3v) is 3.93. The van der Waals surface area contributed by atoms with Crippen molar-refractivity contribution in [1.29, 1.82) is 0 Å². The van der Waals surface area contributed by atoms with E-state index < -0.39 is 5.97 Å². The van der Waals surface area contributed by atoms with Crippen LogP contribution >= 0.6 is 11.3 Å². The van der Waals surface area contributed by atoms with Gasteiger partial charge < -0.3 is 10.1 Å². The number of aryl methyl sites for hydroxylation is 1. The van der Waals surface area contributed by atoms with Crippen LogP contribution in [0.5, 0.6) is 0 Å². The Morgan fingerprint density at radius 3 is 2.70 bits per heavy atom. The highest BCUT2D eigenvalue weighted by molar-refractivity contribution is 7.14. The molecule has 0 amide bonds. The van der Waals surface area contributed by atoms with Crippen LogP contribution in [0.15, 0.2) is 41.9 Å². The number of benzene rings is 1. The summed E-state index contributed by atoms with van der Waals surface area (Å²) in [5, 5.41) is 5.71. The van der Waals surface area contributed by atoms with E-state index >= 15 is 0 Å². The maximum atomic E-state index is 11.5. The van der Waals surface area contributed by atoms with Crippen molar-refractivity contribution < 1.29 is 9.53 Å². The fourth-order valence-electron chi connectivity index (χ4n) is 2.01. The summed E-state index contributed by atoms with van der Waals surface area (Å²) in [5.74, 6) is -0.0567. The minimum atomic E-state index is -0.449. The van der Waals surface area contributed by atoms with Gasteiger partial charge in [0, 0.05) is 17.1 Å². The minimum Gasteiger partial charge on any atom is -0.465 e. The molecule has 0 saturated heterocycles. The Kier molecular flexibility index (Phi) is 4.29. The number of esters is 1. The first-order chi connectivity index (χ1) is 11.2. The van der Waals surface area contributed by atoms with Gasteiger partial charge in [-0.25, -0.2) is 19.7 Å². The lowest BCUT2D eigenvalue weighted by molar-refractivity contribution is 0.0599. The highest BCUT2D eigenvalue weighted by Crippen LogP contribution is 2.26. The first kappa shape index (κ1) is 15.1. The van der Waals surface area contributed by atoms with Gasteiger partial charge in [0.05, 0.1) is 24.1 Å². The molecule has 0 fully saturated rings. The summed E-state index contributed by atoms with van der Waals surface area (Å²) in [6, 6.07) is 9.92. The van der Waals surface area contributed by atoms with Crippen molar-refractivity contribution in [1.82, 2.24) is 15.0 Å². The second-order valence-corrected chi connectivity index (χ2v) is 5.57. The lowest BCUT2D eigenvalue weighted by Gasteiger charge is -2.05. The van der Waals surface area contributed by atoms with Gasteiger partial charge in [-0.3, -0.25) is 0 Å². The topological polar surface area (TPSA) is 77.0 Å². The van der Waals surface area contributed by atoms with E-state index in [2.05, 4.69) is 25.0 Å². The smallest absolute Gasteiger partial charge is 0.341 e. The van der Waals surface area contributed by atoms with Crippen molar-refractivity contribution in [3.63, 3.8) is 0 Å². The summed E-state index contributed by atoms with van der Waals surface area (Å²) in [6.45, 7) is 1.73. The SMILES string of the molecule is COC(=O)c1cnc(Nc2nc(-c3ccccc3)cs2)nc1C. The van der Waals surface area contributed by atoms with Crippen LogP contribution in [-0.4, -0.2) is 28.0 Å². The molecule has 0 aliphatic heterocycles. The molecule has 1 aromatic carbocycles. The van der Waals surface area contributed by atoms with E-state index in [0.717, 1.165) is 11.3 Å². The number of anilines is 2. The zero-order valence-corrected chi connectivity index (χ0v) is 13.4. The van der Waals surface area contributed by atoms with Crippen molar-refractivity contribution in [2.24, 2.45) is 0 Å². The van der Waals surface area contributed by atoms with E-state index in [1.54, 1.807) is 6.92 Å². The van der Waals surface area contributed by atoms with Gasteiger partial charge >= 0.3 is 5.97 Å². The van der Waals surface area contributed by atoms with E-state index in [1.165, 1.54) is 24.6 Å². The van der Waals surface area contributed by atoms with Crippen molar-refractivity contribution in [3.8, 4) is 11.3 Å². The summed E-state index contributed by atoms with van der Waals surface area (Å²) in [4.78, 5) is 24.4. The molecule has 7 heteroatoms. The van der Waals surface area contributed by atoms with E-state index in [-0.39, 0.29) is 0 Å². The molecule has 0 aliphatic rings. The second kappa shape index (κ2) is 6.53. The second-order valence-electron chi connectivity index (χ2n) is 4.71. The zero-order valence-electron chi connectivity index (χ0n) is 12.6. The van der Waals surface area contributed by atoms with Gasteiger partial charge in [0.25, 0.3) is 0 Å². The van der Waals surface area contributed by atoms with Crippen LogP contribution in [0, 0.1) is 6.92 Å². The van der Waals surface area contributed by atoms with Gasteiger partial charge in [-0.15, -0.1) is 11.3 Å². The third-order valence-electron chi connectivity index (χ3n) is 3.18. The van der Waals surface area contributed by atoms with E-state index in [0.29, 0.717) is 22.3 Å². The Labute approximate surface area is 137 Å². The molecular weight excluding hydrogens is 312 g/mol. The quantitative estimate of drug-likeness (QED) is 0.740. The number of carbonyl (C=O) groups excluding carboxylic acids is 1. The average Bonchev–Trinajstić information content (AvgIpc) is 3.03. The molecule has 116 valence electrons. The normalized spacial score (nSPS) is 10.3. The van der Waals surface area contributed by atoms with Crippen molar-refractivity contribution in [2.75, 3.05) is 12.4 Å². The number of nitrogens with one attached hydrogen (secondary N) is 1. The van der Waals surface area contributed by atoms with E-state index in [1.807, 2.05) is 35.7 Å². The number of carbonyl (C=O) groups is 1. The maximum absolute atomic E-state index is 11.5. The molecular formula is C16H14N4O2S. The fraction of sp³-hybridized carbons (Fsp3) is 0.125. The summed E-state index contributed by atoms with van der Waals surface area (Å²) in [5.41, 5.74) is 2.84. The minimum absolute atomic E-state index is 0.349. The zero-order chi connectivity index (χ0) is 16.2. The molecule has 2 aromatic heterocycles. The molecule has 0 radical (unpaired) electrons. The molecule has 0 bridgehead atoms. The number of nitrogens with zero attached hydrogens (tertiary/aromatic N) is 3. The van der Waals surface area contributed by atoms with Crippen molar-refractivity contribution >= 4 is 28.4 Å². The molecule has 1 N–H and O–H groups in total. The molecule has 2 heterocycles. The predicted octanol–water partition coefficient (Wildman–Crippen LogP) is 3.44. The van der Waals surface area contributed by atoms with Crippen LogP contribution in [0.25, 0.3) is 11.3 Å². The lowest BCUT2D eigenvalue weighted by atomic mass is 10.2. The number of methoxy groups -OCH3 is 1. The molecule has 0 atom stereocenters. The molecule has 6 nitrogen and oxygen atoms in total. The Bertz CT molecular complexity index is 833. The van der Waals surface area contributed by atoms with Crippen molar-refractivity contribution in [3.05, 3.63) is 53.2 Å². The molecule has 3 rings (SSSR count). The number of aromatic nitrogens is 3. The summed E-state index contributed by atoms with van der Waals surface area (Å²) in [6.07, 6.45) is 1.45. The number of thiazole rings is 1. The number of ether oxygens (including phenoxy) is 1. The van der Waals surface area contributed by atoms with Crippen LogP contribution in [0.3, 0.4) is 0 Å². The molecule has 23 heavy (non-hydrogen) atoms. The maximum Gasteiger partial charge on any atom is 0.341 e. The molecule has 3 aromatic rings. The highest BCUT2D eigenvalue weighted by atomic mass is 32.1. The van der Waals surface area contributed by atoms with Gasteiger partial charge in [0.2, 0.25) is 5.95 Å². The van der Waals surface area contributed by atoms with Crippen LogP contribution < -0.4 is 5.32 Å². The molecule has 0 spiro atoms. The Morgan fingerprint density at radius 1 is 1.22 bits per heavy atom. The number of rotatable bonds is 4. The standard InChI is InChI=1S/C16H14N4O2S/c1-10-12(14(21)22-2)8-17-15(18-10)20-16-19-13(9-23-16)11-6-4-3-5-7-11/h3-9H,1-2H3,(H,17,18,19,20). The van der Waals surface area contributed by atoms with Gasteiger partial charge in [-0.05, 0) is 6.92 Å².